The van der Waals surface area contributed by atoms with Crippen LogP contribution in [0.5, 0.6) is 5.75 Å². The second-order valence-corrected chi connectivity index (χ2v) is 3.15. The quantitative estimate of drug-likeness (QED) is 0.638. The lowest BCUT2D eigenvalue weighted by Gasteiger charge is -2.06. The van der Waals surface area contributed by atoms with Crippen LogP contribution in [0.1, 0.15) is 6.42 Å². The molecule has 0 aromatic heterocycles. The molecule has 1 rings (SSSR count). The largest absolute Gasteiger partial charge is 0.494 e. The molecule has 0 aliphatic rings. The summed E-state index contributed by atoms with van der Waals surface area (Å²) in [6.07, 6.45) is -0.413. The van der Waals surface area contributed by atoms with E-state index in [-0.39, 0.29) is 11.4 Å². The van der Waals surface area contributed by atoms with E-state index in [0.717, 1.165) is 6.07 Å². The van der Waals surface area contributed by atoms with E-state index < -0.39 is 24.1 Å². The molecule has 17 heavy (non-hydrogen) atoms. The van der Waals surface area contributed by atoms with Crippen molar-refractivity contribution in [2.24, 2.45) is 0 Å². The third-order valence-electron chi connectivity index (χ3n) is 1.97. The predicted molar refractivity (Wildman–Crippen MR) is 58.2 cm³/mol. The Bertz CT molecular complexity index is 433. The molecule has 6 heteroatoms. The minimum absolute atomic E-state index is 0.0796. The van der Waals surface area contributed by atoms with Crippen molar-refractivity contribution in [3.63, 3.8) is 0 Å². The first-order valence-electron chi connectivity index (χ1n) is 4.77. The van der Waals surface area contributed by atoms with E-state index in [1.165, 1.54) is 26.4 Å². The molecular weight excluding hydrogens is 229 g/mol. The first-order valence-corrected chi connectivity index (χ1v) is 4.77. The fourth-order valence-corrected chi connectivity index (χ4v) is 1.15. The van der Waals surface area contributed by atoms with Crippen LogP contribution in [0, 0.1) is 5.82 Å². The lowest BCUT2D eigenvalue weighted by atomic mass is 10.2. The summed E-state index contributed by atoms with van der Waals surface area (Å²) < 4.78 is 22.3. The lowest BCUT2D eigenvalue weighted by molar-refractivity contribution is -0.142. The van der Waals surface area contributed by atoms with Gasteiger partial charge in [-0.2, -0.15) is 0 Å². The van der Waals surface area contributed by atoms with Gasteiger partial charge < -0.3 is 14.8 Å². The highest BCUT2D eigenvalue weighted by atomic mass is 19.1. The Morgan fingerprint density at radius 2 is 2.06 bits per heavy atom. The molecule has 0 heterocycles. The molecule has 0 aliphatic carbocycles. The minimum Gasteiger partial charge on any atom is -0.494 e. The van der Waals surface area contributed by atoms with Crippen LogP contribution in [0.3, 0.4) is 0 Å². The highest BCUT2D eigenvalue weighted by Gasteiger charge is 2.10. The van der Waals surface area contributed by atoms with Gasteiger partial charge in [0, 0.05) is 11.8 Å². The number of benzene rings is 1. The zero-order chi connectivity index (χ0) is 12.8. The van der Waals surface area contributed by atoms with Crippen LogP contribution in [-0.2, 0) is 14.3 Å². The lowest BCUT2D eigenvalue weighted by Crippen LogP contribution is -2.17. The fraction of sp³-hybridized carbons (Fsp3) is 0.273. The molecule has 1 N–H and O–H groups in total. The number of halogens is 1. The molecule has 0 bridgehead atoms. The Labute approximate surface area is 97.5 Å². The van der Waals surface area contributed by atoms with Crippen molar-refractivity contribution in [3.8, 4) is 5.75 Å². The van der Waals surface area contributed by atoms with Crippen molar-refractivity contribution in [2.45, 2.75) is 6.42 Å². The molecule has 1 amide bonds. The average Bonchev–Trinajstić information content (AvgIpc) is 2.29. The number of ether oxygens (including phenoxy) is 2. The Morgan fingerprint density at radius 1 is 1.35 bits per heavy atom. The van der Waals surface area contributed by atoms with E-state index in [2.05, 4.69) is 10.1 Å². The molecule has 1 aromatic carbocycles. The molecule has 0 radical (unpaired) electrons. The number of hydrogen-bond acceptors (Lipinski definition) is 4. The monoisotopic (exact) mass is 241 g/mol. The summed E-state index contributed by atoms with van der Waals surface area (Å²) in [6.45, 7) is 0. The van der Waals surface area contributed by atoms with Gasteiger partial charge in [0.05, 0.1) is 14.2 Å². The van der Waals surface area contributed by atoms with Crippen LogP contribution in [-0.4, -0.2) is 26.1 Å². The number of amides is 1. The zero-order valence-corrected chi connectivity index (χ0v) is 9.45. The van der Waals surface area contributed by atoms with Gasteiger partial charge in [-0.3, -0.25) is 9.59 Å². The molecule has 5 nitrogen and oxygen atoms in total. The summed E-state index contributed by atoms with van der Waals surface area (Å²) >= 11 is 0. The Hall–Kier alpha value is -2.11. The zero-order valence-electron chi connectivity index (χ0n) is 9.45. The fourth-order valence-electron chi connectivity index (χ4n) is 1.15. The first-order chi connectivity index (χ1) is 8.06. The molecular formula is C11H12FNO4. The molecule has 92 valence electrons. The SMILES string of the molecule is COC(=O)CC(=O)Nc1ccc(OC)c(F)c1. The molecule has 1 aromatic rings. The van der Waals surface area contributed by atoms with Crippen molar-refractivity contribution in [2.75, 3.05) is 19.5 Å². The van der Waals surface area contributed by atoms with E-state index in [4.69, 9.17) is 4.74 Å². The van der Waals surface area contributed by atoms with Gasteiger partial charge >= 0.3 is 5.97 Å². The Morgan fingerprint density at radius 3 is 2.59 bits per heavy atom. The van der Waals surface area contributed by atoms with E-state index in [1.807, 2.05) is 0 Å². The average molecular weight is 241 g/mol. The third-order valence-corrected chi connectivity index (χ3v) is 1.97. The van der Waals surface area contributed by atoms with Gasteiger partial charge in [0.1, 0.15) is 6.42 Å². The summed E-state index contributed by atoms with van der Waals surface area (Å²) in [5, 5.41) is 2.36. The van der Waals surface area contributed by atoms with Crippen LogP contribution < -0.4 is 10.1 Å². The van der Waals surface area contributed by atoms with Crippen LogP contribution in [0.15, 0.2) is 18.2 Å². The highest BCUT2D eigenvalue weighted by molar-refractivity contribution is 6.01. The Kier molecular flexibility index (Phi) is 4.45. The topological polar surface area (TPSA) is 64.6 Å². The molecule has 0 saturated carbocycles. The smallest absolute Gasteiger partial charge is 0.315 e. The number of esters is 1. The van der Waals surface area contributed by atoms with E-state index >= 15 is 0 Å². The standard InChI is InChI=1S/C11H12FNO4/c1-16-9-4-3-7(5-8(9)12)13-10(14)6-11(15)17-2/h3-5H,6H2,1-2H3,(H,13,14). The van der Waals surface area contributed by atoms with Gasteiger partial charge in [-0.05, 0) is 12.1 Å². The van der Waals surface area contributed by atoms with Crippen LogP contribution in [0.4, 0.5) is 10.1 Å². The summed E-state index contributed by atoms with van der Waals surface area (Å²) in [5.41, 5.74) is 0.247. The molecule has 0 saturated heterocycles. The number of anilines is 1. The number of rotatable bonds is 4. The van der Waals surface area contributed by atoms with Crippen LogP contribution in [0.2, 0.25) is 0 Å². The van der Waals surface area contributed by atoms with Gasteiger partial charge in [0.15, 0.2) is 11.6 Å². The van der Waals surface area contributed by atoms with Gasteiger partial charge in [0.2, 0.25) is 5.91 Å². The van der Waals surface area contributed by atoms with Crippen molar-refractivity contribution in [1.29, 1.82) is 0 Å². The van der Waals surface area contributed by atoms with Gasteiger partial charge in [-0.15, -0.1) is 0 Å². The van der Waals surface area contributed by atoms with Gasteiger partial charge in [-0.1, -0.05) is 0 Å². The van der Waals surface area contributed by atoms with Crippen LogP contribution >= 0.6 is 0 Å². The summed E-state index contributed by atoms with van der Waals surface area (Å²) in [7, 11) is 2.52. The first kappa shape index (κ1) is 13.0. The van der Waals surface area contributed by atoms with E-state index in [9.17, 15) is 14.0 Å². The maximum Gasteiger partial charge on any atom is 0.315 e. The number of methoxy groups -OCH3 is 2. The predicted octanol–water partition coefficient (Wildman–Crippen LogP) is 1.34. The second kappa shape index (κ2) is 5.83. The molecule has 0 unspecified atom stereocenters. The van der Waals surface area contributed by atoms with Crippen molar-refractivity contribution >= 4 is 17.6 Å². The number of carbonyl (C=O) groups is 2. The van der Waals surface area contributed by atoms with E-state index in [0.29, 0.717) is 0 Å². The minimum atomic E-state index is -0.656. The van der Waals surface area contributed by atoms with Gasteiger partial charge in [-0.25, -0.2) is 4.39 Å². The third kappa shape index (κ3) is 3.75. The summed E-state index contributed by atoms with van der Waals surface area (Å²) in [4.78, 5) is 22.1. The Balaban J connectivity index is 2.66. The molecule has 0 fully saturated rings. The van der Waals surface area contributed by atoms with Crippen LogP contribution in [0.25, 0.3) is 0 Å². The van der Waals surface area contributed by atoms with Gasteiger partial charge in [0.25, 0.3) is 0 Å². The number of hydrogen-bond donors (Lipinski definition) is 1. The molecule has 0 aliphatic heterocycles. The maximum atomic E-state index is 13.3. The normalized spacial score (nSPS) is 9.59. The summed E-state index contributed by atoms with van der Waals surface area (Å²) in [5.74, 6) is -1.74. The van der Waals surface area contributed by atoms with Crippen molar-refractivity contribution in [3.05, 3.63) is 24.0 Å². The van der Waals surface area contributed by atoms with Crippen molar-refractivity contribution in [1.82, 2.24) is 0 Å². The highest BCUT2D eigenvalue weighted by Crippen LogP contribution is 2.20. The second-order valence-electron chi connectivity index (χ2n) is 3.15. The van der Waals surface area contributed by atoms with E-state index in [1.54, 1.807) is 0 Å². The maximum absolute atomic E-state index is 13.3. The number of nitrogens with one attached hydrogen (secondary N) is 1. The van der Waals surface area contributed by atoms with Crippen molar-refractivity contribution < 1.29 is 23.5 Å². The molecule has 0 spiro atoms. The summed E-state index contributed by atoms with van der Waals surface area (Å²) in [6, 6.07) is 3.95. The number of carbonyl (C=O) groups excluding carboxylic acids is 2. The molecule has 0 atom stereocenters.